The van der Waals surface area contributed by atoms with Gasteiger partial charge in [0.15, 0.2) is 0 Å². The first-order valence-electron chi connectivity index (χ1n) is 8.20. The van der Waals surface area contributed by atoms with E-state index in [-0.39, 0.29) is 10.6 Å². The molecule has 1 aromatic heterocycles. The van der Waals surface area contributed by atoms with Gasteiger partial charge in [-0.3, -0.25) is 4.79 Å². The monoisotopic (exact) mass is 384 g/mol. The molecule has 3 rings (SSSR count). The zero-order valence-electron chi connectivity index (χ0n) is 14.8. The highest BCUT2D eigenvalue weighted by Gasteiger charge is 2.15. The highest BCUT2D eigenvalue weighted by molar-refractivity contribution is 6.34. The van der Waals surface area contributed by atoms with Crippen LogP contribution in [0.5, 0.6) is 0 Å². The highest BCUT2D eigenvalue weighted by atomic mass is 35.5. The van der Waals surface area contributed by atoms with Gasteiger partial charge in [0.1, 0.15) is 11.6 Å². The number of carbonyl (C=O) groups is 1. The lowest BCUT2D eigenvalue weighted by Gasteiger charge is -2.13. The first kappa shape index (κ1) is 18.7. The van der Waals surface area contributed by atoms with Crippen LogP contribution in [-0.2, 0) is 0 Å². The lowest BCUT2D eigenvalue weighted by atomic mass is 10.2. The summed E-state index contributed by atoms with van der Waals surface area (Å²) in [5, 5.41) is 5.82. The molecule has 0 atom stereocenters. The van der Waals surface area contributed by atoms with E-state index in [1.807, 2.05) is 43.3 Å². The zero-order valence-corrected chi connectivity index (χ0v) is 15.6. The Morgan fingerprint density at radius 3 is 2.33 bits per heavy atom. The van der Waals surface area contributed by atoms with Gasteiger partial charge in [0.25, 0.3) is 5.91 Å². The van der Waals surface area contributed by atoms with Crippen molar-refractivity contribution in [3.8, 4) is 0 Å². The predicted octanol–water partition coefficient (Wildman–Crippen LogP) is 4.94. The molecule has 3 aromatic rings. The normalized spacial score (nSPS) is 10.4. The topological polar surface area (TPSA) is 57.3 Å². The molecule has 5 nitrogen and oxygen atoms in total. The van der Waals surface area contributed by atoms with Gasteiger partial charge in [-0.05, 0) is 48.5 Å². The third-order valence-corrected chi connectivity index (χ3v) is 4.18. The number of hydrogen-bond acceptors (Lipinski definition) is 4. The van der Waals surface area contributed by atoms with E-state index in [9.17, 15) is 9.18 Å². The summed E-state index contributed by atoms with van der Waals surface area (Å²) in [7, 11) is 3.96. The molecule has 138 valence electrons. The van der Waals surface area contributed by atoms with Crippen LogP contribution in [0, 0.1) is 5.82 Å². The van der Waals surface area contributed by atoms with Crippen LogP contribution >= 0.6 is 11.6 Å². The molecule has 2 N–H and O–H groups in total. The molecule has 0 aliphatic carbocycles. The number of rotatable bonds is 5. The van der Waals surface area contributed by atoms with Crippen LogP contribution in [-0.4, -0.2) is 25.0 Å². The second kappa shape index (κ2) is 8.05. The van der Waals surface area contributed by atoms with Crippen LogP contribution < -0.4 is 15.5 Å². The molecule has 1 amide bonds. The summed E-state index contributed by atoms with van der Waals surface area (Å²) in [6.45, 7) is 0. The number of hydrogen-bond donors (Lipinski definition) is 2. The van der Waals surface area contributed by atoms with Crippen molar-refractivity contribution in [2.45, 2.75) is 0 Å². The van der Waals surface area contributed by atoms with Crippen LogP contribution in [0.25, 0.3) is 0 Å². The van der Waals surface area contributed by atoms with Gasteiger partial charge in [0.05, 0.1) is 22.5 Å². The zero-order chi connectivity index (χ0) is 19.4. The Labute approximate surface area is 161 Å². The minimum Gasteiger partial charge on any atom is -0.378 e. The lowest BCUT2D eigenvalue weighted by molar-refractivity contribution is 0.102. The fourth-order valence-corrected chi connectivity index (χ4v) is 2.69. The molecule has 0 aliphatic rings. The van der Waals surface area contributed by atoms with Gasteiger partial charge in [-0.2, -0.15) is 0 Å². The van der Waals surface area contributed by atoms with Crippen molar-refractivity contribution in [3.63, 3.8) is 0 Å². The van der Waals surface area contributed by atoms with Crippen molar-refractivity contribution in [1.82, 2.24) is 4.98 Å². The molecular weight excluding hydrogens is 367 g/mol. The van der Waals surface area contributed by atoms with E-state index in [2.05, 4.69) is 15.6 Å². The summed E-state index contributed by atoms with van der Waals surface area (Å²) in [6.07, 6.45) is 1.49. The summed E-state index contributed by atoms with van der Waals surface area (Å²) in [4.78, 5) is 18.5. The second-order valence-electron chi connectivity index (χ2n) is 6.05. The third-order valence-electron chi connectivity index (χ3n) is 3.87. The maximum atomic E-state index is 13.8. The standard InChI is InChI=1S/C20H18ClFN4O/c1-26(2)15-9-6-13(7-10-15)24-18-11-8-14(12-23-18)25-20(27)19-16(21)4-3-5-17(19)22/h3-12H,1-2H3,(H,23,24)(H,25,27). The number of nitrogens with zero attached hydrogens (tertiary/aromatic N) is 2. The third kappa shape index (κ3) is 4.54. The number of halogens is 2. The van der Waals surface area contributed by atoms with Crippen molar-refractivity contribution in [1.29, 1.82) is 0 Å². The maximum Gasteiger partial charge on any atom is 0.260 e. The molecule has 0 aliphatic heterocycles. The molecule has 0 bridgehead atoms. The summed E-state index contributed by atoms with van der Waals surface area (Å²) >= 11 is 5.91. The number of pyridine rings is 1. The fourth-order valence-electron chi connectivity index (χ4n) is 2.44. The van der Waals surface area contributed by atoms with Gasteiger partial charge in [-0.1, -0.05) is 17.7 Å². The van der Waals surface area contributed by atoms with Gasteiger partial charge < -0.3 is 15.5 Å². The Morgan fingerprint density at radius 2 is 1.74 bits per heavy atom. The van der Waals surface area contributed by atoms with E-state index in [0.717, 1.165) is 11.4 Å². The minimum absolute atomic E-state index is 0.0555. The fraction of sp³-hybridized carbons (Fsp3) is 0.100. The average molecular weight is 385 g/mol. The molecule has 0 unspecified atom stereocenters. The summed E-state index contributed by atoms with van der Waals surface area (Å²) in [5.41, 5.74) is 2.23. The minimum atomic E-state index is -0.674. The van der Waals surface area contributed by atoms with Crippen LogP contribution in [0.3, 0.4) is 0 Å². The van der Waals surface area contributed by atoms with E-state index in [1.165, 1.54) is 24.4 Å². The Bertz CT molecular complexity index is 923. The first-order valence-corrected chi connectivity index (χ1v) is 8.57. The molecular formula is C20H18ClFN4O. The van der Waals surface area contributed by atoms with E-state index >= 15 is 0 Å². The maximum absolute atomic E-state index is 13.8. The largest absolute Gasteiger partial charge is 0.378 e. The quantitative estimate of drug-likeness (QED) is 0.654. The van der Waals surface area contributed by atoms with E-state index in [0.29, 0.717) is 11.5 Å². The summed E-state index contributed by atoms with van der Waals surface area (Å²) < 4.78 is 13.8. The molecule has 0 saturated carbocycles. The Kier molecular flexibility index (Phi) is 5.57. The van der Waals surface area contributed by atoms with E-state index in [4.69, 9.17) is 11.6 Å². The molecule has 2 aromatic carbocycles. The van der Waals surface area contributed by atoms with Crippen LogP contribution in [0.1, 0.15) is 10.4 Å². The summed E-state index contributed by atoms with van der Waals surface area (Å²) in [5.74, 6) is -0.679. The predicted molar refractivity (Wildman–Crippen MR) is 108 cm³/mol. The smallest absolute Gasteiger partial charge is 0.260 e. The number of nitrogens with one attached hydrogen (secondary N) is 2. The van der Waals surface area contributed by atoms with Crippen molar-refractivity contribution in [3.05, 3.63) is 77.2 Å². The Hall–Kier alpha value is -3.12. The lowest BCUT2D eigenvalue weighted by Crippen LogP contribution is -2.14. The van der Waals surface area contributed by atoms with Gasteiger partial charge >= 0.3 is 0 Å². The first-order chi connectivity index (χ1) is 12.9. The SMILES string of the molecule is CN(C)c1ccc(Nc2ccc(NC(=O)c3c(F)cccc3Cl)cn2)cc1. The van der Waals surface area contributed by atoms with E-state index < -0.39 is 11.7 Å². The average Bonchev–Trinajstić information content (AvgIpc) is 2.63. The van der Waals surface area contributed by atoms with Gasteiger partial charge in [0, 0.05) is 25.5 Å². The molecule has 0 fully saturated rings. The van der Waals surface area contributed by atoms with Crippen molar-refractivity contribution >= 4 is 40.4 Å². The molecule has 7 heteroatoms. The number of amides is 1. The molecule has 1 heterocycles. The van der Waals surface area contributed by atoms with Gasteiger partial charge in [-0.15, -0.1) is 0 Å². The van der Waals surface area contributed by atoms with Gasteiger partial charge in [-0.25, -0.2) is 9.37 Å². The second-order valence-corrected chi connectivity index (χ2v) is 6.46. The Balaban J connectivity index is 1.67. The molecule has 27 heavy (non-hydrogen) atoms. The summed E-state index contributed by atoms with van der Waals surface area (Å²) in [6, 6.07) is 15.4. The number of carbonyl (C=O) groups excluding carboxylic acids is 1. The van der Waals surface area contributed by atoms with E-state index in [1.54, 1.807) is 12.1 Å². The number of aromatic nitrogens is 1. The molecule has 0 saturated heterocycles. The van der Waals surface area contributed by atoms with Gasteiger partial charge in [0.2, 0.25) is 0 Å². The van der Waals surface area contributed by atoms with Crippen LogP contribution in [0.2, 0.25) is 5.02 Å². The molecule has 0 spiro atoms. The van der Waals surface area contributed by atoms with Crippen molar-refractivity contribution < 1.29 is 9.18 Å². The van der Waals surface area contributed by atoms with Crippen LogP contribution in [0.15, 0.2) is 60.8 Å². The highest BCUT2D eigenvalue weighted by Crippen LogP contribution is 2.22. The Morgan fingerprint density at radius 1 is 1.04 bits per heavy atom. The molecule has 0 radical (unpaired) electrons. The number of benzene rings is 2. The van der Waals surface area contributed by atoms with Crippen molar-refractivity contribution in [2.24, 2.45) is 0 Å². The van der Waals surface area contributed by atoms with Crippen LogP contribution in [0.4, 0.5) is 27.3 Å². The number of anilines is 4. The van der Waals surface area contributed by atoms with Crippen molar-refractivity contribution in [2.75, 3.05) is 29.6 Å².